The smallest absolute Gasteiger partial charge is 0.321 e. The Morgan fingerprint density at radius 2 is 1.84 bits per heavy atom. The minimum absolute atomic E-state index is 0.244. The number of aryl methyl sites for hydroxylation is 2. The van der Waals surface area contributed by atoms with Crippen LogP contribution in [0.1, 0.15) is 11.1 Å². The van der Waals surface area contributed by atoms with Gasteiger partial charge in [-0.1, -0.05) is 15.9 Å². The molecule has 19 heavy (non-hydrogen) atoms. The Bertz CT molecular complexity index is 516. The summed E-state index contributed by atoms with van der Waals surface area (Å²) in [7, 11) is 0. The van der Waals surface area contributed by atoms with Gasteiger partial charge in [0, 0.05) is 23.2 Å². The van der Waals surface area contributed by atoms with Gasteiger partial charge in [0.05, 0.1) is 5.92 Å². The van der Waals surface area contributed by atoms with Crippen LogP contribution in [0.5, 0.6) is 0 Å². The third kappa shape index (κ3) is 2.89. The zero-order valence-electron chi connectivity index (χ0n) is 10.7. The zero-order chi connectivity index (χ0) is 14.2. The number of likely N-dealkylation sites (tertiary alicyclic amines) is 1. The van der Waals surface area contributed by atoms with Gasteiger partial charge < -0.3 is 15.3 Å². The molecule has 6 heteroatoms. The summed E-state index contributed by atoms with van der Waals surface area (Å²) in [6.45, 7) is 4.39. The number of carboxylic acids is 1. The van der Waals surface area contributed by atoms with Crippen molar-refractivity contribution in [2.24, 2.45) is 5.92 Å². The Hall–Kier alpha value is -1.56. The van der Waals surface area contributed by atoms with Crippen molar-refractivity contribution in [2.45, 2.75) is 13.8 Å². The molecule has 1 aliphatic heterocycles. The summed E-state index contributed by atoms with van der Waals surface area (Å²) >= 11 is 3.40. The highest BCUT2D eigenvalue weighted by Gasteiger charge is 2.35. The third-order valence-corrected chi connectivity index (χ3v) is 3.71. The zero-order valence-corrected chi connectivity index (χ0v) is 12.3. The monoisotopic (exact) mass is 326 g/mol. The Morgan fingerprint density at radius 1 is 1.32 bits per heavy atom. The number of urea groups is 1. The van der Waals surface area contributed by atoms with Gasteiger partial charge in [0.25, 0.3) is 0 Å². The summed E-state index contributed by atoms with van der Waals surface area (Å²) in [5.41, 5.74) is 2.72. The van der Waals surface area contributed by atoms with E-state index in [0.29, 0.717) is 0 Å². The van der Waals surface area contributed by atoms with Crippen LogP contribution < -0.4 is 5.32 Å². The number of carbonyl (C=O) groups is 2. The summed E-state index contributed by atoms with van der Waals surface area (Å²) in [4.78, 5) is 24.2. The molecular formula is C13H15BrN2O3. The average Bonchev–Trinajstić information content (AvgIpc) is 2.20. The van der Waals surface area contributed by atoms with E-state index in [2.05, 4.69) is 21.2 Å². The molecule has 2 N–H and O–H groups in total. The summed E-state index contributed by atoms with van der Waals surface area (Å²) in [5, 5.41) is 11.6. The van der Waals surface area contributed by atoms with Crippen molar-refractivity contribution in [3.8, 4) is 0 Å². The van der Waals surface area contributed by atoms with E-state index in [0.717, 1.165) is 21.3 Å². The molecule has 0 spiro atoms. The Kier molecular flexibility index (Phi) is 3.80. The molecule has 0 bridgehead atoms. The lowest BCUT2D eigenvalue weighted by Gasteiger charge is -2.36. The first-order chi connectivity index (χ1) is 8.88. The summed E-state index contributed by atoms with van der Waals surface area (Å²) in [5.74, 6) is -1.28. The number of nitrogens with one attached hydrogen (secondary N) is 1. The van der Waals surface area contributed by atoms with Gasteiger partial charge in [0.15, 0.2) is 0 Å². The summed E-state index contributed by atoms with van der Waals surface area (Å²) in [6, 6.07) is 3.61. The topological polar surface area (TPSA) is 69.6 Å². The van der Waals surface area contributed by atoms with Crippen LogP contribution >= 0.6 is 15.9 Å². The lowest BCUT2D eigenvalue weighted by molar-refractivity contribution is -0.145. The molecule has 1 aromatic carbocycles. The normalized spacial score (nSPS) is 15.0. The Labute approximate surface area is 119 Å². The highest BCUT2D eigenvalue weighted by atomic mass is 79.9. The first kappa shape index (κ1) is 13.9. The second kappa shape index (κ2) is 5.21. The van der Waals surface area contributed by atoms with Crippen LogP contribution in [-0.2, 0) is 4.79 Å². The van der Waals surface area contributed by atoms with Crippen molar-refractivity contribution in [1.29, 1.82) is 0 Å². The molecular weight excluding hydrogens is 312 g/mol. The molecule has 2 rings (SSSR count). The molecule has 1 aromatic rings. The number of halogens is 1. The van der Waals surface area contributed by atoms with Crippen LogP contribution in [0.15, 0.2) is 16.6 Å². The first-order valence-corrected chi connectivity index (χ1v) is 6.73. The molecule has 0 unspecified atom stereocenters. The van der Waals surface area contributed by atoms with E-state index in [1.54, 1.807) is 0 Å². The SMILES string of the molecule is Cc1cc(Br)cc(C)c1NC(=O)N1CC(C(=O)O)C1. The number of hydrogen-bond donors (Lipinski definition) is 2. The lowest BCUT2D eigenvalue weighted by atomic mass is 10.0. The van der Waals surface area contributed by atoms with Gasteiger partial charge >= 0.3 is 12.0 Å². The Morgan fingerprint density at radius 3 is 2.32 bits per heavy atom. The number of carboxylic acid groups (broad SMARTS) is 1. The maximum atomic E-state index is 12.0. The molecule has 1 aliphatic rings. The fourth-order valence-corrected chi connectivity index (χ4v) is 2.78. The minimum Gasteiger partial charge on any atom is -0.481 e. The number of amides is 2. The van der Waals surface area contributed by atoms with E-state index in [9.17, 15) is 9.59 Å². The number of benzene rings is 1. The predicted molar refractivity (Wildman–Crippen MR) is 75.3 cm³/mol. The molecule has 0 radical (unpaired) electrons. The van der Waals surface area contributed by atoms with Crippen molar-refractivity contribution in [3.05, 3.63) is 27.7 Å². The van der Waals surface area contributed by atoms with Gasteiger partial charge in [-0.25, -0.2) is 4.79 Å². The van der Waals surface area contributed by atoms with Crippen LogP contribution in [0.3, 0.4) is 0 Å². The largest absolute Gasteiger partial charge is 0.481 e. The standard InChI is InChI=1S/C13H15BrN2O3/c1-7-3-10(14)4-8(2)11(7)15-13(19)16-5-9(6-16)12(17)18/h3-4,9H,5-6H2,1-2H3,(H,15,19)(H,17,18). The maximum absolute atomic E-state index is 12.0. The first-order valence-electron chi connectivity index (χ1n) is 5.94. The van der Waals surface area contributed by atoms with Crippen molar-refractivity contribution in [1.82, 2.24) is 4.90 Å². The molecule has 2 amide bonds. The van der Waals surface area contributed by atoms with Gasteiger partial charge in [-0.2, -0.15) is 0 Å². The number of nitrogens with zero attached hydrogens (tertiary/aromatic N) is 1. The molecule has 102 valence electrons. The fourth-order valence-electron chi connectivity index (χ4n) is 2.09. The van der Waals surface area contributed by atoms with E-state index in [1.165, 1.54) is 4.90 Å². The van der Waals surface area contributed by atoms with E-state index < -0.39 is 11.9 Å². The second-order valence-electron chi connectivity index (χ2n) is 4.78. The third-order valence-electron chi connectivity index (χ3n) is 3.25. The number of anilines is 1. The Balaban J connectivity index is 2.03. The lowest BCUT2D eigenvalue weighted by Crippen LogP contribution is -2.54. The van der Waals surface area contributed by atoms with Crippen LogP contribution in [0.25, 0.3) is 0 Å². The molecule has 1 fully saturated rings. The van der Waals surface area contributed by atoms with Crippen molar-refractivity contribution >= 4 is 33.6 Å². The summed E-state index contributed by atoms with van der Waals surface area (Å²) < 4.78 is 0.968. The quantitative estimate of drug-likeness (QED) is 0.877. The van der Waals surface area contributed by atoms with Gasteiger partial charge in [-0.05, 0) is 37.1 Å². The highest BCUT2D eigenvalue weighted by molar-refractivity contribution is 9.10. The number of aliphatic carboxylic acids is 1. The molecule has 0 saturated carbocycles. The molecule has 0 aromatic heterocycles. The maximum Gasteiger partial charge on any atom is 0.321 e. The van der Waals surface area contributed by atoms with Crippen molar-refractivity contribution in [3.63, 3.8) is 0 Å². The number of carbonyl (C=O) groups excluding carboxylic acids is 1. The van der Waals surface area contributed by atoms with Crippen LogP contribution in [0.4, 0.5) is 10.5 Å². The van der Waals surface area contributed by atoms with E-state index in [-0.39, 0.29) is 19.1 Å². The molecule has 0 atom stereocenters. The molecule has 0 aliphatic carbocycles. The fraction of sp³-hybridized carbons (Fsp3) is 0.385. The molecule has 1 saturated heterocycles. The van der Waals surface area contributed by atoms with E-state index in [1.807, 2.05) is 26.0 Å². The number of rotatable bonds is 2. The van der Waals surface area contributed by atoms with Crippen LogP contribution in [0.2, 0.25) is 0 Å². The molecule has 5 nitrogen and oxygen atoms in total. The van der Waals surface area contributed by atoms with Crippen LogP contribution in [0, 0.1) is 19.8 Å². The van der Waals surface area contributed by atoms with E-state index in [4.69, 9.17) is 5.11 Å². The average molecular weight is 327 g/mol. The van der Waals surface area contributed by atoms with Gasteiger partial charge in [0.1, 0.15) is 0 Å². The van der Waals surface area contributed by atoms with Gasteiger partial charge in [-0.3, -0.25) is 4.79 Å². The summed E-state index contributed by atoms with van der Waals surface area (Å²) in [6.07, 6.45) is 0. The molecule has 1 heterocycles. The van der Waals surface area contributed by atoms with Gasteiger partial charge in [0.2, 0.25) is 0 Å². The minimum atomic E-state index is -0.847. The van der Waals surface area contributed by atoms with Crippen molar-refractivity contribution < 1.29 is 14.7 Å². The highest BCUT2D eigenvalue weighted by Crippen LogP contribution is 2.26. The predicted octanol–water partition coefficient (Wildman–Crippen LogP) is 2.61. The van der Waals surface area contributed by atoms with Crippen molar-refractivity contribution in [2.75, 3.05) is 18.4 Å². The van der Waals surface area contributed by atoms with Crippen LogP contribution in [-0.4, -0.2) is 35.1 Å². The van der Waals surface area contributed by atoms with E-state index >= 15 is 0 Å². The number of hydrogen-bond acceptors (Lipinski definition) is 2. The van der Waals surface area contributed by atoms with Gasteiger partial charge in [-0.15, -0.1) is 0 Å². The second-order valence-corrected chi connectivity index (χ2v) is 5.70.